The van der Waals surface area contributed by atoms with Gasteiger partial charge in [0.1, 0.15) is 17.5 Å². The Morgan fingerprint density at radius 3 is 2.58 bits per heavy atom. The summed E-state index contributed by atoms with van der Waals surface area (Å²) < 4.78 is 54.5. The second kappa shape index (κ2) is 7.65. The molecule has 4 aliphatic rings. The third kappa shape index (κ3) is 3.44. The van der Waals surface area contributed by atoms with E-state index in [0.29, 0.717) is 56.9 Å². The standard InChI is InChI=1S/C22H24F3N3O3/c23-14-8-16(24)15(17(25)9-14)10-19-18-3-2-13(21(26)29)11-28(18)20-12-27(19)5-1-4-22(20)30-6-7-31-22/h3,8-9,11,19-20H,1-2,4-7,10,12H2,(H2,26,29). The zero-order valence-corrected chi connectivity index (χ0v) is 17.0. The number of carbonyl (C=O) groups excluding carboxylic acids is 1. The van der Waals surface area contributed by atoms with Gasteiger partial charge in [0.05, 0.1) is 25.3 Å². The summed E-state index contributed by atoms with van der Waals surface area (Å²) in [7, 11) is 0. The van der Waals surface area contributed by atoms with Gasteiger partial charge in [-0.15, -0.1) is 0 Å². The Morgan fingerprint density at radius 2 is 1.90 bits per heavy atom. The molecule has 1 spiro atoms. The fourth-order valence-corrected chi connectivity index (χ4v) is 5.28. The first-order chi connectivity index (χ1) is 14.9. The van der Waals surface area contributed by atoms with E-state index in [0.717, 1.165) is 12.1 Å². The third-order valence-corrected chi connectivity index (χ3v) is 6.72. The number of piperazine rings is 1. The van der Waals surface area contributed by atoms with Crippen LogP contribution >= 0.6 is 0 Å². The normalized spacial score (nSPS) is 29.3. The number of benzene rings is 1. The first-order valence-electron chi connectivity index (χ1n) is 10.5. The molecule has 1 aromatic carbocycles. The molecule has 1 amide bonds. The van der Waals surface area contributed by atoms with Crippen LogP contribution in [0.5, 0.6) is 0 Å². The molecule has 3 fully saturated rings. The van der Waals surface area contributed by atoms with Gasteiger partial charge in [0, 0.05) is 48.1 Å². The Balaban J connectivity index is 1.55. The van der Waals surface area contributed by atoms with Crippen LogP contribution in [-0.4, -0.2) is 59.9 Å². The summed E-state index contributed by atoms with van der Waals surface area (Å²) in [5, 5.41) is 0. The first kappa shape index (κ1) is 20.5. The van der Waals surface area contributed by atoms with E-state index in [-0.39, 0.29) is 24.1 Å². The summed E-state index contributed by atoms with van der Waals surface area (Å²) in [6.07, 6.45) is 5.45. The highest BCUT2D eigenvalue weighted by Crippen LogP contribution is 2.43. The predicted molar refractivity (Wildman–Crippen MR) is 105 cm³/mol. The number of nitrogens with zero attached hydrogens (tertiary/aromatic N) is 2. The fraction of sp³-hybridized carbons (Fsp3) is 0.500. The number of fused-ring (bicyclic) bond motifs is 5. The minimum absolute atomic E-state index is 0.0431. The van der Waals surface area contributed by atoms with Crippen LogP contribution in [-0.2, 0) is 20.7 Å². The highest BCUT2D eigenvalue weighted by atomic mass is 19.1. The Kier molecular flexibility index (Phi) is 5.07. The third-order valence-electron chi connectivity index (χ3n) is 6.72. The summed E-state index contributed by atoms with van der Waals surface area (Å²) >= 11 is 0. The number of hydrogen-bond donors (Lipinski definition) is 1. The number of nitrogens with two attached hydrogens (primary N) is 1. The maximum Gasteiger partial charge on any atom is 0.246 e. The molecule has 31 heavy (non-hydrogen) atoms. The van der Waals surface area contributed by atoms with Gasteiger partial charge in [0.15, 0.2) is 5.79 Å². The Morgan fingerprint density at radius 1 is 1.19 bits per heavy atom. The molecular formula is C22H24F3N3O3. The van der Waals surface area contributed by atoms with Gasteiger partial charge in [0.2, 0.25) is 5.91 Å². The number of allylic oxidation sites excluding steroid dienone is 1. The summed E-state index contributed by atoms with van der Waals surface area (Å²) in [6.45, 7) is 2.23. The number of carbonyl (C=O) groups is 1. The van der Waals surface area contributed by atoms with E-state index in [4.69, 9.17) is 15.2 Å². The minimum atomic E-state index is -0.942. The molecule has 3 saturated heterocycles. The van der Waals surface area contributed by atoms with Gasteiger partial charge in [-0.05, 0) is 25.8 Å². The van der Waals surface area contributed by atoms with Crippen molar-refractivity contribution in [1.82, 2.24) is 9.80 Å². The van der Waals surface area contributed by atoms with E-state index in [9.17, 15) is 18.0 Å². The van der Waals surface area contributed by atoms with Crippen LogP contribution in [0.3, 0.4) is 0 Å². The molecule has 0 saturated carbocycles. The first-order valence-corrected chi connectivity index (χ1v) is 10.5. The van der Waals surface area contributed by atoms with Crippen LogP contribution < -0.4 is 5.73 Å². The largest absolute Gasteiger partial charge is 0.366 e. The minimum Gasteiger partial charge on any atom is -0.366 e. The molecule has 166 valence electrons. The van der Waals surface area contributed by atoms with Crippen LogP contribution in [0.1, 0.15) is 24.8 Å². The van der Waals surface area contributed by atoms with E-state index >= 15 is 0 Å². The van der Waals surface area contributed by atoms with Crippen LogP contribution in [0, 0.1) is 17.5 Å². The molecule has 0 radical (unpaired) electrons. The van der Waals surface area contributed by atoms with E-state index < -0.39 is 29.1 Å². The molecule has 3 unspecified atom stereocenters. The Bertz CT molecular complexity index is 951. The van der Waals surface area contributed by atoms with Crippen molar-refractivity contribution in [3.8, 4) is 0 Å². The summed E-state index contributed by atoms with van der Waals surface area (Å²) in [5.74, 6) is -4.06. The fourth-order valence-electron chi connectivity index (χ4n) is 5.28. The van der Waals surface area contributed by atoms with Crippen LogP contribution in [0.2, 0.25) is 0 Å². The average Bonchev–Trinajstić information content (AvgIpc) is 3.13. The highest BCUT2D eigenvalue weighted by molar-refractivity contribution is 5.92. The molecule has 0 aliphatic carbocycles. The number of amides is 1. The molecule has 6 nitrogen and oxygen atoms in total. The van der Waals surface area contributed by atoms with E-state index in [1.54, 1.807) is 6.20 Å². The van der Waals surface area contributed by atoms with Crippen molar-refractivity contribution in [1.29, 1.82) is 0 Å². The molecule has 9 heteroatoms. The number of primary amides is 1. The summed E-state index contributed by atoms with van der Waals surface area (Å²) in [4.78, 5) is 16.0. The number of ether oxygens (including phenoxy) is 2. The maximum absolute atomic E-state index is 14.5. The van der Waals surface area contributed by atoms with Crippen molar-refractivity contribution >= 4 is 5.91 Å². The lowest BCUT2D eigenvalue weighted by atomic mass is 9.90. The summed E-state index contributed by atoms with van der Waals surface area (Å²) in [6, 6.07) is 0.852. The van der Waals surface area contributed by atoms with Gasteiger partial charge in [-0.1, -0.05) is 6.08 Å². The Labute approximate surface area is 178 Å². The molecule has 4 aliphatic heterocycles. The number of halogens is 3. The lowest BCUT2D eigenvalue weighted by Gasteiger charge is -2.51. The van der Waals surface area contributed by atoms with E-state index in [1.807, 2.05) is 11.0 Å². The van der Waals surface area contributed by atoms with Crippen LogP contribution in [0.15, 0.2) is 35.7 Å². The molecular weight excluding hydrogens is 411 g/mol. The molecule has 2 bridgehead atoms. The highest BCUT2D eigenvalue weighted by Gasteiger charge is 2.53. The number of hydrogen-bond acceptors (Lipinski definition) is 5. The summed E-state index contributed by atoms with van der Waals surface area (Å²) in [5.41, 5.74) is 6.66. The number of rotatable bonds is 3. The second-order valence-electron chi connectivity index (χ2n) is 8.45. The SMILES string of the molecule is NC(=O)C1=CN2C(=CC1)C(Cc1c(F)cc(F)cc1F)N1CCCC3(OCCO3)C2C1. The van der Waals surface area contributed by atoms with E-state index in [2.05, 4.69) is 4.90 Å². The zero-order valence-electron chi connectivity index (χ0n) is 17.0. The quantitative estimate of drug-likeness (QED) is 0.789. The molecule has 5 rings (SSSR count). The lowest BCUT2D eigenvalue weighted by Crippen LogP contribution is -2.62. The molecule has 3 atom stereocenters. The van der Waals surface area contributed by atoms with Gasteiger partial charge >= 0.3 is 0 Å². The van der Waals surface area contributed by atoms with Crippen molar-refractivity contribution in [2.24, 2.45) is 5.73 Å². The molecule has 0 aromatic heterocycles. The van der Waals surface area contributed by atoms with Crippen LogP contribution in [0.4, 0.5) is 13.2 Å². The van der Waals surface area contributed by atoms with Gasteiger partial charge in [-0.2, -0.15) is 0 Å². The van der Waals surface area contributed by atoms with Crippen molar-refractivity contribution in [3.63, 3.8) is 0 Å². The lowest BCUT2D eigenvalue weighted by molar-refractivity contribution is -0.201. The van der Waals surface area contributed by atoms with Gasteiger partial charge in [-0.3, -0.25) is 9.69 Å². The molecule has 2 N–H and O–H groups in total. The van der Waals surface area contributed by atoms with Gasteiger partial charge in [0.25, 0.3) is 0 Å². The van der Waals surface area contributed by atoms with Crippen molar-refractivity contribution in [2.75, 3.05) is 26.3 Å². The van der Waals surface area contributed by atoms with E-state index in [1.165, 1.54) is 0 Å². The topological polar surface area (TPSA) is 68.0 Å². The molecule has 1 aromatic rings. The molecule has 4 heterocycles. The maximum atomic E-state index is 14.5. The average molecular weight is 435 g/mol. The zero-order chi connectivity index (χ0) is 21.8. The smallest absolute Gasteiger partial charge is 0.246 e. The van der Waals surface area contributed by atoms with Crippen molar-refractivity contribution < 1.29 is 27.4 Å². The van der Waals surface area contributed by atoms with Crippen molar-refractivity contribution in [3.05, 3.63) is 58.7 Å². The van der Waals surface area contributed by atoms with Crippen molar-refractivity contribution in [2.45, 2.75) is 43.6 Å². The Hall–Kier alpha value is -2.36. The monoisotopic (exact) mass is 435 g/mol. The second-order valence-corrected chi connectivity index (χ2v) is 8.45. The van der Waals surface area contributed by atoms with Crippen LogP contribution in [0.25, 0.3) is 0 Å². The van der Waals surface area contributed by atoms with Gasteiger partial charge in [-0.25, -0.2) is 13.2 Å². The van der Waals surface area contributed by atoms with Gasteiger partial charge < -0.3 is 20.1 Å². The predicted octanol–water partition coefficient (Wildman–Crippen LogP) is 2.19.